The van der Waals surface area contributed by atoms with Gasteiger partial charge in [0, 0.05) is 0 Å². The van der Waals surface area contributed by atoms with Crippen LogP contribution in [0.1, 0.15) is 0 Å². The predicted octanol–water partition coefficient (Wildman–Crippen LogP) is 1.25. The highest BCUT2D eigenvalue weighted by molar-refractivity contribution is 5.44. The summed E-state index contributed by atoms with van der Waals surface area (Å²) in [6.07, 6.45) is 0. The number of hydrogen-bond acceptors (Lipinski definition) is 5. The highest BCUT2D eigenvalue weighted by atomic mass is 16.5. The zero-order valence-electron chi connectivity index (χ0n) is 8.54. The van der Waals surface area contributed by atoms with E-state index < -0.39 is 16.8 Å². The summed E-state index contributed by atoms with van der Waals surface area (Å²) in [4.78, 5) is 11.4. The van der Waals surface area contributed by atoms with Crippen molar-refractivity contribution < 1.29 is 4.74 Å². The summed E-state index contributed by atoms with van der Waals surface area (Å²) in [6, 6.07) is 11.9. The Morgan fingerprint density at radius 3 is 2.24 bits per heavy atom. The van der Waals surface area contributed by atoms with Crippen LogP contribution in [0, 0.1) is 34.0 Å². The summed E-state index contributed by atoms with van der Waals surface area (Å²) in [5, 5.41) is 25.9. The maximum atomic E-state index is 11.4. The molecule has 0 radical (unpaired) electrons. The van der Waals surface area contributed by atoms with Gasteiger partial charge in [-0.2, -0.15) is 15.8 Å². The second-order valence-corrected chi connectivity index (χ2v) is 2.78. The van der Waals surface area contributed by atoms with Crippen LogP contribution in [0.25, 0.3) is 0 Å². The summed E-state index contributed by atoms with van der Waals surface area (Å²) in [6.45, 7) is 0. The lowest BCUT2D eigenvalue weighted by Crippen LogP contribution is -2.05. The molecule has 0 aliphatic heterocycles. The standard InChI is InChI=1S/C12H5N3O2/c13-6-9(7-14)12(8-15)17-11-5-3-1-2-4-10(11)16/h1-5H. The van der Waals surface area contributed by atoms with Gasteiger partial charge in [0.05, 0.1) is 0 Å². The third-order valence-corrected chi connectivity index (χ3v) is 1.72. The number of hydrogen-bond donors (Lipinski definition) is 0. The van der Waals surface area contributed by atoms with E-state index >= 15 is 0 Å². The highest BCUT2D eigenvalue weighted by Crippen LogP contribution is 2.09. The molecular weight excluding hydrogens is 218 g/mol. The van der Waals surface area contributed by atoms with Crippen molar-refractivity contribution >= 4 is 0 Å². The number of rotatable bonds is 2. The lowest BCUT2D eigenvalue weighted by atomic mass is 10.3. The van der Waals surface area contributed by atoms with Gasteiger partial charge < -0.3 is 4.74 Å². The molecule has 1 rings (SSSR count). The van der Waals surface area contributed by atoms with Gasteiger partial charge in [0.2, 0.25) is 11.2 Å². The van der Waals surface area contributed by atoms with E-state index in [0.717, 1.165) is 0 Å². The van der Waals surface area contributed by atoms with E-state index in [-0.39, 0.29) is 5.75 Å². The van der Waals surface area contributed by atoms with Crippen molar-refractivity contribution in [3.8, 4) is 24.0 Å². The average Bonchev–Trinajstić information content (AvgIpc) is 2.54. The molecule has 5 nitrogen and oxygen atoms in total. The van der Waals surface area contributed by atoms with Crippen LogP contribution in [0.2, 0.25) is 0 Å². The molecule has 0 aromatic heterocycles. The smallest absolute Gasteiger partial charge is 0.232 e. The molecule has 0 N–H and O–H groups in total. The molecule has 1 aromatic rings. The van der Waals surface area contributed by atoms with Crippen LogP contribution in [-0.2, 0) is 0 Å². The zero-order valence-corrected chi connectivity index (χ0v) is 8.54. The van der Waals surface area contributed by atoms with Crippen LogP contribution in [-0.4, -0.2) is 0 Å². The van der Waals surface area contributed by atoms with Crippen molar-refractivity contribution in [1.82, 2.24) is 0 Å². The maximum Gasteiger partial charge on any atom is 0.232 e. The lowest BCUT2D eigenvalue weighted by molar-refractivity contribution is 0.442. The molecule has 0 heterocycles. The van der Waals surface area contributed by atoms with Gasteiger partial charge in [-0.05, 0) is 12.1 Å². The minimum absolute atomic E-state index is 0.116. The van der Waals surface area contributed by atoms with Crippen LogP contribution < -0.4 is 10.2 Å². The van der Waals surface area contributed by atoms with Crippen LogP contribution >= 0.6 is 0 Å². The van der Waals surface area contributed by atoms with E-state index in [0.29, 0.717) is 0 Å². The van der Waals surface area contributed by atoms with E-state index in [4.69, 9.17) is 20.5 Å². The van der Waals surface area contributed by atoms with Crippen molar-refractivity contribution in [2.75, 3.05) is 0 Å². The summed E-state index contributed by atoms with van der Waals surface area (Å²) < 4.78 is 4.96. The number of allylic oxidation sites excluding steroid dienone is 2. The van der Waals surface area contributed by atoms with Gasteiger partial charge in [-0.15, -0.1) is 0 Å². The molecule has 0 spiro atoms. The highest BCUT2D eigenvalue weighted by Gasteiger charge is 2.09. The molecule has 1 aromatic carbocycles. The molecule has 0 amide bonds. The molecule has 0 saturated heterocycles. The van der Waals surface area contributed by atoms with E-state index in [1.54, 1.807) is 18.2 Å². The summed E-state index contributed by atoms with van der Waals surface area (Å²) in [7, 11) is 0. The van der Waals surface area contributed by atoms with Crippen molar-refractivity contribution in [3.63, 3.8) is 0 Å². The Morgan fingerprint density at radius 2 is 1.65 bits per heavy atom. The second kappa shape index (κ2) is 5.70. The summed E-state index contributed by atoms with van der Waals surface area (Å²) in [5.41, 5.74) is -0.920. The fourth-order valence-electron chi connectivity index (χ4n) is 0.965. The lowest BCUT2D eigenvalue weighted by Gasteiger charge is -1.99. The molecule has 0 aliphatic carbocycles. The van der Waals surface area contributed by atoms with Gasteiger partial charge >= 0.3 is 0 Å². The maximum absolute atomic E-state index is 11.4. The fourth-order valence-corrected chi connectivity index (χ4v) is 0.965. The molecule has 0 fully saturated rings. The fraction of sp³-hybridized carbons (Fsp3) is 0. The first kappa shape index (κ1) is 12.0. The van der Waals surface area contributed by atoms with Crippen LogP contribution in [0.4, 0.5) is 0 Å². The van der Waals surface area contributed by atoms with E-state index in [1.807, 2.05) is 0 Å². The van der Waals surface area contributed by atoms with Crippen molar-refractivity contribution in [2.45, 2.75) is 0 Å². The SMILES string of the molecule is N#CC(C#N)=C(C#N)Oc1cccccc1=O. The Balaban J connectivity index is 3.27. The molecule has 0 aliphatic rings. The molecule has 80 valence electrons. The number of nitrogens with zero attached hydrogens (tertiary/aromatic N) is 3. The van der Waals surface area contributed by atoms with Gasteiger partial charge in [0.15, 0.2) is 11.3 Å². The normalized spacial score (nSPS) is 8.06. The minimum Gasteiger partial charge on any atom is -0.440 e. The van der Waals surface area contributed by atoms with Gasteiger partial charge in [-0.1, -0.05) is 18.2 Å². The summed E-state index contributed by atoms with van der Waals surface area (Å²) in [5.74, 6) is -0.604. The average molecular weight is 223 g/mol. The van der Waals surface area contributed by atoms with Gasteiger partial charge in [0.25, 0.3) is 0 Å². The van der Waals surface area contributed by atoms with Crippen LogP contribution in [0.3, 0.4) is 0 Å². The van der Waals surface area contributed by atoms with Crippen molar-refractivity contribution in [3.05, 3.63) is 51.9 Å². The minimum atomic E-state index is -0.488. The van der Waals surface area contributed by atoms with Crippen molar-refractivity contribution in [1.29, 1.82) is 15.8 Å². The van der Waals surface area contributed by atoms with Gasteiger partial charge in [-0.25, -0.2) is 0 Å². The third kappa shape index (κ3) is 2.92. The molecule has 0 bridgehead atoms. The Kier molecular flexibility index (Phi) is 4.02. The predicted molar refractivity (Wildman–Crippen MR) is 57.2 cm³/mol. The Morgan fingerprint density at radius 1 is 1.00 bits per heavy atom. The first-order valence-corrected chi connectivity index (χ1v) is 4.44. The first-order valence-electron chi connectivity index (χ1n) is 4.44. The number of nitriles is 3. The van der Waals surface area contributed by atoms with Crippen molar-refractivity contribution in [2.24, 2.45) is 0 Å². The Hall–Kier alpha value is -3.10. The van der Waals surface area contributed by atoms with E-state index in [1.165, 1.54) is 30.3 Å². The van der Waals surface area contributed by atoms with Gasteiger partial charge in [0.1, 0.15) is 18.2 Å². The van der Waals surface area contributed by atoms with Gasteiger partial charge in [-0.3, -0.25) is 4.79 Å². The molecule has 0 unspecified atom stereocenters. The number of ether oxygens (including phenoxy) is 1. The molecule has 17 heavy (non-hydrogen) atoms. The molecule has 0 atom stereocenters. The third-order valence-electron chi connectivity index (χ3n) is 1.72. The monoisotopic (exact) mass is 223 g/mol. The molecular formula is C12H5N3O2. The zero-order chi connectivity index (χ0) is 12.7. The Bertz CT molecular complexity index is 626. The summed E-state index contributed by atoms with van der Waals surface area (Å²) >= 11 is 0. The largest absolute Gasteiger partial charge is 0.440 e. The quantitative estimate of drug-likeness (QED) is 0.555. The van der Waals surface area contributed by atoms with Crippen LogP contribution in [0.5, 0.6) is 5.75 Å². The van der Waals surface area contributed by atoms with E-state index in [2.05, 4.69) is 0 Å². The molecule has 5 heteroatoms. The van der Waals surface area contributed by atoms with Crippen LogP contribution in [0.15, 0.2) is 46.5 Å². The first-order chi connectivity index (χ1) is 8.22. The topological polar surface area (TPSA) is 97.7 Å². The second-order valence-electron chi connectivity index (χ2n) is 2.78. The van der Waals surface area contributed by atoms with E-state index in [9.17, 15) is 4.79 Å². The Labute approximate surface area is 97.0 Å². The molecule has 0 saturated carbocycles.